The van der Waals surface area contributed by atoms with Gasteiger partial charge in [-0.2, -0.15) is 13.2 Å². The van der Waals surface area contributed by atoms with Crippen LogP contribution in [0.1, 0.15) is 34.2 Å². The Labute approximate surface area is 154 Å². The fourth-order valence-corrected chi connectivity index (χ4v) is 2.86. The Morgan fingerprint density at radius 1 is 1.19 bits per heavy atom. The largest absolute Gasteiger partial charge is 0.417 e. The molecule has 1 amide bonds. The summed E-state index contributed by atoms with van der Waals surface area (Å²) in [5, 5.41) is 0. The van der Waals surface area contributed by atoms with Gasteiger partial charge in [0.15, 0.2) is 0 Å². The molecule has 5 nitrogen and oxygen atoms in total. The summed E-state index contributed by atoms with van der Waals surface area (Å²) in [7, 11) is 1.63. The number of carbonyl (C=O) groups excluding carboxylic acids is 1. The minimum Gasteiger partial charge on any atom is -0.340 e. The number of pyridine rings is 2. The molecule has 0 radical (unpaired) electrons. The molecular formula is C19H19F3N4O. The predicted octanol–water partition coefficient (Wildman–Crippen LogP) is 3.63. The monoisotopic (exact) mass is 376 g/mol. The molecule has 0 atom stereocenters. The highest BCUT2D eigenvalue weighted by Gasteiger charge is 2.32. The molecular weight excluding hydrogens is 357 g/mol. The summed E-state index contributed by atoms with van der Waals surface area (Å²) in [6.45, 7) is 2.25. The molecule has 3 rings (SSSR count). The third-order valence-corrected chi connectivity index (χ3v) is 4.39. The van der Waals surface area contributed by atoms with Gasteiger partial charge in [-0.25, -0.2) is 4.98 Å². The molecule has 0 aliphatic carbocycles. The number of likely N-dealkylation sites (N-methyl/N-ethyl adjacent to an activating group) is 1. The van der Waals surface area contributed by atoms with Crippen LogP contribution in [0.3, 0.4) is 0 Å². The van der Waals surface area contributed by atoms with Crippen molar-refractivity contribution in [3.05, 3.63) is 65.4 Å². The number of halogens is 3. The maximum Gasteiger partial charge on any atom is 0.417 e. The molecule has 3 aromatic heterocycles. The van der Waals surface area contributed by atoms with Gasteiger partial charge in [0.05, 0.1) is 11.3 Å². The number of alkyl halides is 3. The van der Waals surface area contributed by atoms with E-state index in [0.717, 1.165) is 17.8 Å². The molecule has 3 heterocycles. The van der Waals surface area contributed by atoms with Gasteiger partial charge in [0.1, 0.15) is 11.3 Å². The summed E-state index contributed by atoms with van der Waals surface area (Å²) < 4.78 is 40.5. The van der Waals surface area contributed by atoms with Crippen LogP contribution in [0.5, 0.6) is 0 Å². The third-order valence-electron chi connectivity index (χ3n) is 4.39. The molecule has 27 heavy (non-hydrogen) atoms. The lowest BCUT2D eigenvalue weighted by atomic mass is 10.2. The molecule has 0 unspecified atom stereocenters. The zero-order chi connectivity index (χ0) is 19.6. The number of nitrogens with zero attached hydrogens (tertiary/aromatic N) is 4. The van der Waals surface area contributed by atoms with E-state index in [1.165, 1.54) is 15.4 Å². The summed E-state index contributed by atoms with van der Waals surface area (Å²) in [4.78, 5) is 22.7. The first-order chi connectivity index (χ1) is 12.8. The average Bonchev–Trinajstić information content (AvgIpc) is 3.03. The number of aryl methyl sites for hydroxylation is 1. The lowest BCUT2D eigenvalue weighted by Gasteiger charge is -2.18. The Morgan fingerprint density at radius 2 is 1.89 bits per heavy atom. The molecule has 0 saturated carbocycles. The predicted molar refractivity (Wildman–Crippen MR) is 94.5 cm³/mol. The van der Waals surface area contributed by atoms with Gasteiger partial charge < -0.3 is 4.90 Å². The highest BCUT2D eigenvalue weighted by molar-refractivity contribution is 5.94. The summed E-state index contributed by atoms with van der Waals surface area (Å²) in [6, 6.07) is 5.98. The minimum atomic E-state index is -4.49. The van der Waals surface area contributed by atoms with Crippen LogP contribution in [0.2, 0.25) is 0 Å². The van der Waals surface area contributed by atoms with Gasteiger partial charge in [-0.3, -0.25) is 14.2 Å². The van der Waals surface area contributed by atoms with Crippen molar-refractivity contribution in [1.82, 2.24) is 19.3 Å². The van der Waals surface area contributed by atoms with Crippen molar-refractivity contribution in [2.45, 2.75) is 25.9 Å². The van der Waals surface area contributed by atoms with Gasteiger partial charge in [-0.1, -0.05) is 6.92 Å². The zero-order valence-electron chi connectivity index (χ0n) is 15.0. The van der Waals surface area contributed by atoms with Crippen LogP contribution in [-0.4, -0.2) is 38.8 Å². The van der Waals surface area contributed by atoms with Crippen molar-refractivity contribution in [1.29, 1.82) is 0 Å². The maximum absolute atomic E-state index is 13.1. The van der Waals surface area contributed by atoms with Crippen molar-refractivity contribution < 1.29 is 18.0 Å². The molecule has 0 fully saturated rings. The van der Waals surface area contributed by atoms with Crippen molar-refractivity contribution in [3.8, 4) is 0 Å². The third kappa shape index (κ3) is 3.94. The first-order valence-corrected chi connectivity index (χ1v) is 8.53. The second-order valence-corrected chi connectivity index (χ2v) is 6.24. The van der Waals surface area contributed by atoms with Crippen LogP contribution in [0.15, 0.2) is 42.9 Å². The van der Waals surface area contributed by atoms with Gasteiger partial charge in [0, 0.05) is 32.2 Å². The van der Waals surface area contributed by atoms with Gasteiger partial charge in [-0.15, -0.1) is 0 Å². The molecule has 142 valence electrons. The number of fused-ring (bicyclic) bond motifs is 1. The molecule has 0 bridgehead atoms. The van der Waals surface area contributed by atoms with Crippen molar-refractivity contribution in [3.63, 3.8) is 0 Å². The van der Waals surface area contributed by atoms with Crippen molar-refractivity contribution >= 4 is 11.6 Å². The van der Waals surface area contributed by atoms with Crippen molar-refractivity contribution in [2.24, 2.45) is 0 Å². The van der Waals surface area contributed by atoms with Crippen LogP contribution in [0.4, 0.5) is 13.2 Å². The first kappa shape index (κ1) is 18.9. The van der Waals surface area contributed by atoms with Crippen LogP contribution < -0.4 is 0 Å². The fourth-order valence-electron chi connectivity index (χ4n) is 2.86. The van der Waals surface area contributed by atoms with Crippen molar-refractivity contribution in [2.75, 3.05) is 13.6 Å². The van der Waals surface area contributed by atoms with Crippen LogP contribution in [0.25, 0.3) is 5.65 Å². The standard InChI is InChI=1S/C19H19F3N4O/c1-3-15-17(18(27)25(2)11-8-13-6-9-23-10-7-13)26-12-14(19(20,21)22)4-5-16(26)24-15/h4-7,9-10,12H,3,8,11H2,1-2H3. The summed E-state index contributed by atoms with van der Waals surface area (Å²) in [5.41, 5.74) is 1.19. The van der Waals surface area contributed by atoms with E-state index in [9.17, 15) is 18.0 Å². The summed E-state index contributed by atoms with van der Waals surface area (Å²) in [5.74, 6) is -0.354. The Morgan fingerprint density at radius 3 is 2.52 bits per heavy atom. The van der Waals surface area contributed by atoms with Gasteiger partial charge >= 0.3 is 6.18 Å². The second-order valence-electron chi connectivity index (χ2n) is 6.24. The van der Waals surface area contributed by atoms with Gasteiger partial charge in [0.25, 0.3) is 5.91 Å². The van der Waals surface area contributed by atoms with E-state index in [4.69, 9.17) is 0 Å². The number of carbonyl (C=O) groups is 1. The quantitative estimate of drug-likeness (QED) is 0.683. The normalized spacial score (nSPS) is 11.7. The SMILES string of the molecule is CCc1nc2ccc(C(F)(F)F)cn2c1C(=O)N(C)CCc1ccncc1. The fraction of sp³-hybridized carbons (Fsp3) is 0.316. The number of hydrogen-bond acceptors (Lipinski definition) is 3. The number of rotatable bonds is 5. The van der Waals surface area contributed by atoms with E-state index in [-0.39, 0.29) is 11.6 Å². The molecule has 0 N–H and O–H groups in total. The Kier molecular flexibility index (Phi) is 5.16. The molecule has 0 aliphatic rings. The van der Waals surface area contributed by atoms with E-state index >= 15 is 0 Å². The zero-order valence-corrected chi connectivity index (χ0v) is 15.0. The second kappa shape index (κ2) is 7.38. The minimum absolute atomic E-state index is 0.177. The summed E-state index contributed by atoms with van der Waals surface area (Å²) in [6.07, 6.45) is 0.869. The van der Waals surface area contributed by atoms with Crippen LogP contribution >= 0.6 is 0 Å². The number of hydrogen-bond donors (Lipinski definition) is 0. The van der Waals surface area contributed by atoms with E-state index in [2.05, 4.69) is 9.97 Å². The Hall–Kier alpha value is -2.90. The molecule has 3 aromatic rings. The van der Waals surface area contributed by atoms with E-state index < -0.39 is 11.7 Å². The number of amides is 1. The van der Waals surface area contributed by atoms with Gasteiger partial charge in [-0.05, 0) is 42.7 Å². The Bertz CT molecular complexity index is 951. The lowest BCUT2D eigenvalue weighted by Crippen LogP contribution is -2.30. The van der Waals surface area contributed by atoms with E-state index in [1.54, 1.807) is 19.4 Å². The van der Waals surface area contributed by atoms with Crippen LogP contribution in [0, 0.1) is 0 Å². The number of aromatic nitrogens is 3. The topological polar surface area (TPSA) is 50.5 Å². The lowest BCUT2D eigenvalue weighted by molar-refractivity contribution is -0.137. The van der Waals surface area contributed by atoms with Gasteiger partial charge in [0.2, 0.25) is 0 Å². The average molecular weight is 376 g/mol. The first-order valence-electron chi connectivity index (χ1n) is 8.53. The summed E-state index contributed by atoms with van der Waals surface area (Å²) >= 11 is 0. The smallest absolute Gasteiger partial charge is 0.340 e. The van der Waals surface area contributed by atoms with Crippen LogP contribution in [-0.2, 0) is 19.0 Å². The molecule has 0 aliphatic heterocycles. The van der Waals surface area contributed by atoms with E-state index in [1.807, 2.05) is 19.1 Å². The Balaban J connectivity index is 1.92. The highest BCUT2D eigenvalue weighted by Crippen LogP contribution is 2.30. The molecule has 0 spiro atoms. The highest BCUT2D eigenvalue weighted by atomic mass is 19.4. The molecule has 0 saturated heterocycles. The molecule has 0 aromatic carbocycles. The maximum atomic E-state index is 13.1. The molecule has 8 heteroatoms. The van der Waals surface area contributed by atoms with E-state index in [0.29, 0.717) is 30.7 Å². The number of imidazole rings is 1.